The van der Waals surface area contributed by atoms with Gasteiger partial charge in [-0.25, -0.2) is 0 Å². The molecule has 2 aromatic rings. The largest absolute Gasteiger partial charge is 0.299 e. The van der Waals surface area contributed by atoms with Crippen molar-refractivity contribution in [1.82, 2.24) is 0 Å². The molecule has 2 atom stereocenters. The minimum atomic E-state index is -0.341. The van der Waals surface area contributed by atoms with Crippen LogP contribution in [0.5, 0.6) is 0 Å². The molecule has 0 heterocycles. The van der Waals surface area contributed by atoms with Crippen molar-refractivity contribution in [3.63, 3.8) is 0 Å². The van der Waals surface area contributed by atoms with Gasteiger partial charge in [-0.3, -0.25) is 9.59 Å². The fourth-order valence-electron chi connectivity index (χ4n) is 6.52. The van der Waals surface area contributed by atoms with Crippen LogP contribution in [0.25, 0.3) is 0 Å². The lowest BCUT2D eigenvalue weighted by atomic mass is 9.72. The van der Waals surface area contributed by atoms with E-state index in [-0.39, 0.29) is 23.4 Å². The van der Waals surface area contributed by atoms with Crippen molar-refractivity contribution in [1.29, 1.82) is 0 Å². The minimum absolute atomic E-state index is 0.0917. The van der Waals surface area contributed by atoms with Crippen molar-refractivity contribution in [2.45, 2.75) is 109 Å². The van der Waals surface area contributed by atoms with Gasteiger partial charge in [-0.1, -0.05) is 86.6 Å². The lowest BCUT2D eigenvalue weighted by molar-refractivity contribution is -0.126. The fourth-order valence-corrected chi connectivity index (χ4v) is 6.52. The molecule has 182 valence electrons. The van der Waals surface area contributed by atoms with E-state index in [9.17, 15) is 9.59 Å². The minimum Gasteiger partial charge on any atom is -0.299 e. The van der Waals surface area contributed by atoms with Crippen molar-refractivity contribution in [3.8, 4) is 0 Å². The quantitative estimate of drug-likeness (QED) is 0.398. The summed E-state index contributed by atoms with van der Waals surface area (Å²) in [4.78, 5) is 26.8. The Labute approximate surface area is 206 Å². The van der Waals surface area contributed by atoms with Crippen LogP contribution in [0.3, 0.4) is 0 Å². The molecule has 2 aliphatic carbocycles. The number of rotatable bonds is 8. The monoisotopic (exact) mass is 458 g/mol. The molecule has 0 N–H and O–H groups in total. The molecule has 2 aromatic carbocycles. The van der Waals surface area contributed by atoms with Gasteiger partial charge in [-0.05, 0) is 80.5 Å². The first-order valence-corrected chi connectivity index (χ1v) is 13.6. The van der Waals surface area contributed by atoms with Crippen molar-refractivity contribution in [2.75, 3.05) is 0 Å². The topological polar surface area (TPSA) is 34.1 Å². The predicted octanol–water partition coefficient (Wildman–Crippen LogP) is 8.35. The third kappa shape index (κ3) is 5.88. The van der Waals surface area contributed by atoms with Crippen LogP contribution in [0.15, 0.2) is 42.5 Å². The summed E-state index contributed by atoms with van der Waals surface area (Å²) in [5, 5.41) is 0. The number of hydrogen-bond acceptors (Lipinski definition) is 2. The molecule has 2 nitrogen and oxygen atoms in total. The van der Waals surface area contributed by atoms with Gasteiger partial charge in [0.05, 0.1) is 0 Å². The predicted molar refractivity (Wildman–Crippen MR) is 141 cm³/mol. The molecular formula is C32H42O2. The van der Waals surface area contributed by atoms with Gasteiger partial charge in [0.1, 0.15) is 11.6 Å². The number of carbonyl (C=O) groups excluding carboxylic acids is 2. The number of ketones is 2. The number of benzene rings is 2. The molecule has 0 amide bonds. The van der Waals surface area contributed by atoms with Crippen LogP contribution < -0.4 is 0 Å². The van der Waals surface area contributed by atoms with Gasteiger partial charge in [0.25, 0.3) is 0 Å². The summed E-state index contributed by atoms with van der Waals surface area (Å²) in [5.74, 6) is 0.916. The Hall–Kier alpha value is -2.22. The Morgan fingerprint density at radius 2 is 1.38 bits per heavy atom. The zero-order valence-corrected chi connectivity index (χ0v) is 21.4. The lowest BCUT2D eigenvalue weighted by Crippen LogP contribution is -2.27. The van der Waals surface area contributed by atoms with Gasteiger partial charge in [0.2, 0.25) is 0 Å². The molecule has 0 radical (unpaired) electrons. The average molecular weight is 459 g/mol. The molecule has 0 spiro atoms. The van der Waals surface area contributed by atoms with Gasteiger partial charge in [-0.2, -0.15) is 0 Å². The second kappa shape index (κ2) is 11.5. The molecule has 2 unspecified atom stereocenters. The first-order chi connectivity index (χ1) is 16.4. The zero-order chi connectivity index (χ0) is 24.1. The van der Waals surface area contributed by atoms with E-state index >= 15 is 0 Å². The normalized spacial score (nSPS) is 19.5. The van der Waals surface area contributed by atoms with Gasteiger partial charge in [-0.15, -0.1) is 0 Å². The standard InChI is InChI=1S/C32H42O2/c1-22-14-17-27(18-15-22)32(26-12-8-5-9-13-26)31(34)21-30(24(3)33)28-19-16-23(2)29(20-28)25-10-6-4-7-11-25/h14-20,25-26,30,32H,4-13,21H2,1-3H3. The number of Topliss-reactive ketones (excluding diaryl/α,β-unsaturated/α-hetero) is 2. The maximum atomic E-state index is 13.9. The molecule has 2 saturated carbocycles. The molecule has 2 fully saturated rings. The molecule has 0 bridgehead atoms. The average Bonchev–Trinajstić information content (AvgIpc) is 2.85. The van der Waals surface area contributed by atoms with Crippen molar-refractivity contribution < 1.29 is 9.59 Å². The fraction of sp³-hybridized carbons (Fsp3) is 0.562. The summed E-state index contributed by atoms with van der Waals surface area (Å²) in [5.41, 5.74) is 6.12. The van der Waals surface area contributed by atoms with Gasteiger partial charge < -0.3 is 0 Å². The third-order valence-electron chi connectivity index (χ3n) is 8.55. The summed E-state index contributed by atoms with van der Waals surface area (Å²) in [7, 11) is 0. The Kier molecular flexibility index (Phi) is 8.40. The highest BCUT2D eigenvalue weighted by molar-refractivity contribution is 5.93. The highest BCUT2D eigenvalue weighted by Gasteiger charge is 2.33. The Bertz CT molecular complexity index is 975. The van der Waals surface area contributed by atoms with Gasteiger partial charge in [0, 0.05) is 18.3 Å². The molecule has 2 aliphatic rings. The molecular weight excluding hydrogens is 416 g/mol. The van der Waals surface area contributed by atoms with Crippen LogP contribution in [0.4, 0.5) is 0 Å². The van der Waals surface area contributed by atoms with Crippen LogP contribution >= 0.6 is 0 Å². The second-order valence-electron chi connectivity index (χ2n) is 11.1. The van der Waals surface area contributed by atoms with Crippen LogP contribution in [0.1, 0.15) is 123 Å². The van der Waals surface area contributed by atoms with Crippen molar-refractivity contribution in [3.05, 3.63) is 70.3 Å². The number of carbonyl (C=O) groups is 2. The van der Waals surface area contributed by atoms with E-state index in [0.717, 1.165) is 24.0 Å². The molecule has 34 heavy (non-hydrogen) atoms. The maximum absolute atomic E-state index is 13.9. The highest BCUT2D eigenvalue weighted by Crippen LogP contribution is 2.40. The van der Waals surface area contributed by atoms with E-state index in [0.29, 0.717) is 18.3 Å². The van der Waals surface area contributed by atoms with Crippen molar-refractivity contribution >= 4 is 11.6 Å². The summed E-state index contributed by atoms with van der Waals surface area (Å²) in [6, 6.07) is 15.1. The Morgan fingerprint density at radius 1 is 0.794 bits per heavy atom. The Balaban J connectivity index is 1.61. The van der Waals surface area contributed by atoms with E-state index in [2.05, 4.69) is 56.3 Å². The molecule has 2 heteroatoms. The summed E-state index contributed by atoms with van der Waals surface area (Å²) >= 11 is 0. The van der Waals surface area contributed by atoms with Gasteiger partial charge >= 0.3 is 0 Å². The Morgan fingerprint density at radius 3 is 2.00 bits per heavy atom. The number of aryl methyl sites for hydroxylation is 2. The maximum Gasteiger partial charge on any atom is 0.141 e. The number of hydrogen-bond donors (Lipinski definition) is 0. The molecule has 0 aromatic heterocycles. The smallest absolute Gasteiger partial charge is 0.141 e. The van der Waals surface area contributed by atoms with E-state index in [1.165, 1.54) is 68.1 Å². The van der Waals surface area contributed by atoms with E-state index in [4.69, 9.17) is 0 Å². The first kappa shape index (κ1) is 24.9. The van der Waals surface area contributed by atoms with E-state index in [1.807, 2.05) is 0 Å². The van der Waals surface area contributed by atoms with Crippen LogP contribution in [0.2, 0.25) is 0 Å². The second-order valence-corrected chi connectivity index (χ2v) is 11.1. The van der Waals surface area contributed by atoms with Gasteiger partial charge in [0.15, 0.2) is 0 Å². The van der Waals surface area contributed by atoms with E-state index < -0.39 is 0 Å². The third-order valence-corrected chi connectivity index (χ3v) is 8.55. The lowest BCUT2D eigenvalue weighted by Gasteiger charge is -2.31. The van der Waals surface area contributed by atoms with Crippen LogP contribution in [-0.4, -0.2) is 11.6 Å². The molecule has 4 rings (SSSR count). The van der Waals surface area contributed by atoms with Crippen molar-refractivity contribution in [2.24, 2.45) is 5.92 Å². The van der Waals surface area contributed by atoms with Crippen LogP contribution in [-0.2, 0) is 9.59 Å². The molecule has 0 saturated heterocycles. The molecule has 0 aliphatic heterocycles. The highest BCUT2D eigenvalue weighted by atomic mass is 16.1. The van der Waals surface area contributed by atoms with E-state index in [1.54, 1.807) is 6.92 Å². The summed E-state index contributed by atoms with van der Waals surface area (Å²) in [6.45, 7) is 5.95. The SMILES string of the molecule is CC(=O)C(CC(=O)C(c1ccc(C)cc1)C1CCCCC1)c1ccc(C)c(C2CCCCC2)c1. The first-order valence-electron chi connectivity index (χ1n) is 13.6. The summed E-state index contributed by atoms with van der Waals surface area (Å²) in [6.07, 6.45) is 12.6. The summed E-state index contributed by atoms with van der Waals surface area (Å²) < 4.78 is 0. The zero-order valence-electron chi connectivity index (χ0n) is 21.4. The van der Waals surface area contributed by atoms with Crippen LogP contribution in [0, 0.1) is 19.8 Å².